The summed E-state index contributed by atoms with van der Waals surface area (Å²) in [4.78, 5) is 25.6. The predicted octanol–water partition coefficient (Wildman–Crippen LogP) is 6.70. The van der Waals surface area contributed by atoms with Gasteiger partial charge in [0.1, 0.15) is 55.4 Å². The van der Waals surface area contributed by atoms with Crippen LogP contribution in [0.4, 0.5) is 0 Å². The number of esters is 2. The van der Waals surface area contributed by atoms with Gasteiger partial charge in [-0.3, -0.25) is 4.79 Å². The van der Waals surface area contributed by atoms with Crippen molar-refractivity contribution in [3.8, 4) is 0 Å². The zero-order valence-corrected chi connectivity index (χ0v) is 40.2. The normalized spacial score (nSPS) is 26.1. The third kappa shape index (κ3) is 26.3. The molecule has 15 heteroatoms. The minimum atomic E-state index is -1.78. The maximum Gasteiger partial charge on any atom is 0.330 e. The highest BCUT2D eigenvalue weighted by Gasteiger charge is 2.47. The van der Waals surface area contributed by atoms with Crippen LogP contribution in [0, 0.1) is 0 Å². The molecule has 66 heavy (non-hydrogen) atoms. The standard InChI is InChI=1S/C51H88O15/c1-3-5-7-9-11-13-15-17-19-21-23-25-27-29-31-33-42(53)61-36-39(64-43(54)34-32-30-28-26-24-22-20-18-16-14-12-10-8-6-4-2)37-62-50-49(60)47(58)45(56)41(66-50)38-63-51-48(59)46(57)44(55)40(35-52)65-51/h16,20,27,29,31,33,39-41,44-52,55-60H,3-15,17,19,21-26,28,30,32,34-38H2,1-2H3/b29-27+,33-31+/t18?,39-,40-,41-,44+,45+,46?,47?,48?,49?,50-,51-/m1/s1. The first-order chi connectivity index (χ1) is 32.0. The summed E-state index contributed by atoms with van der Waals surface area (Å²) in [5.74, 6) is -1.20. The highest BCUT2D eigenvalue weighted by Crippen LogP contribution is 2.26. The van der Waals surface area contributed by atoms with E-state index in [-0.39, 0.29) is 13.0 Å². The van der Waals surface area contributed by atoms with Gasteiger partial charge in [-0.15, -0.1) is 5.73 Å². The van der Waals surface area contributed by atoms with Gasteiger partial charge < -0.3 is 64.2 Å². The fourth-order valence-electron chi connectivity index (χ4n) is 7.75. The van der Waals surface area contributed by atoms with Gasteiger partial charge in [-0.25, -0.2) is 4.79 Å². The molecule has 382 valence electrons. The van der Waals surface area contributed by atoms with Crippen molar-refractivity contribution in [2.45, 2.75) is 242 Å². The van der Waals surface area contributed by atoms with Crippen LogP contribution in [0.1, 0.15) is 174 Å². The Kier molecular flexibility index (Phi) is 34.7. The van der Waals surface area contributed by atoms with E-state index in [0.717, 1.165) is 51.4 Å². The Balaban J connectivity index is 1.86. The second kappa shape index (κ2) is 38.4. The maximum absolute atomic E-state index is 13.0. The van der Waals surface area contributed by atoms with Crippen molar-refractivity contribution in [1.82, 2.24) is 0 Å². The van der Waals surface area contributed by atoms with E-state index in [0.29, 0.717) is 6.42 Å². The van der Waals surface area contributed by atoms with Crippen LogP contribution in [0.25, 0.3) is 0 Å². The van der Waals surface area contributed by atoms with Crippen LogP contribution in [-0.2, 0) is 38.0 Å². The molecule has 2 rings (SSSR count). The van der Waals surface area contributed by atoms with Gasteiger partial charge in [0, 0.05) is 12.5 Å². The molecule has 2 aliphatic heterocycles. The number of hydrogen-bond acceptors (Lipinski definition) is 15. The number of hydrogen-bond donors (Lipinski definition) is 7. The van der Waals surface area contributed by atoms with Crippen LogP contribution in [0.3, 0.4) is 0 Å². The molecule has 0 aromatic rings. The number of rotatable bonds is 38. The number of allylic oxidation sites excluding steroid dienone is 4. The first kappa shape index (κ1) is 59.6. The summed E-state index contributed by atoms with van der Waals surface area (Å²) in [6.45, 7) is 2.42. The minimum Gasteiger partial charge on any atom is -0.458 e. The highest BCUT2D eigenvalue weighted by atomic mass is 16.7. The average Bonchev–Trinajstić information content (AvgIpc) is 3.31. The molecule has 15 nitrogen and oxygen atoms in total. The lowest BCUT2D eigenvalue weighted by atomic mass is 9.98. The molecule has 2 saturated heterocycles. The summed E-state index contributed by atoms with van der Waals surface area (Å²) in [5, 5.41) is 72.0. The van der Waals surface area contributed by atoms with E-state index in [1.54, 1.807) is 12.2 Å². The van der Waals surface area contributed by atoms with Crippen LogP contribution < -0.4 is 0 Å². The van der Waals surface area contributed by atoms with Gasteiger partial charge in [0.05, 0.1) is 19.8 Å². The second-order valence-electron chi connectivity index (χ2n) is 17.8. The monoisotopic (exact) mass is 941 g/mol. The fraction of sp³-hybridized carbons (Fsp3) is 0.824. The van der Waals surface area contributed by atoms with Crippen LogP contribution in [0.5, 0.6) is 0 Å². The van der Waals surface area contributed by atoms with Crippen LogP contribution >= 0.6 is 0 Å². The minimum absolute atomic E-state index is 0.125. The van der Waals surface area contributed by atoms with Gasteiger partial charge in [-0.05, 0) is 57.1 Å². The molecule has 0 aromatic carbocycles. The summed E-state index contributed by atoms with van der Waals surface area (Å²) < 4.78 is 33.3. The third-order valence-corrected chi connectivity index (χ3v) is 12.0. The molecule has 2 heterocycles. The Hall–Kier alpha value is -2.50. The Bertz CT molecular complexity index is 1350. The molecule has 11 atom stereocenters. The van der Waals surface area contributed by atoms with Crippen molar-refractivity contribution >= 4 is 11.9 Å². The van der Waals surface area contributed by atoms with E-state index in [4.69, 9.17) is 28.4 Å². The Morgan fingerprint density at radius 2 is 1.05 bits per heavy atom. The predicted molar refractivity (Wildman–Crippen MR) is 251 cm³/mol. The Labute approximate surface area is 395 Å². The molecule has 0 aliphatic carbocycles. The molecule has 0 amide bonds. The number of carbonyl (C=O) groups is 2. The van der Waals surface area contributed by atoms with Crippen LogP contribution in [0.15, 0.2) is 42.2 Å². The summed E-state index contributed by atoms with van der Waals surface area (Å²) in [7, 11) is 0. The first-order valence-electron chi connectivity index (χ1n) is 25.4. The molecular weight excluding hydrogens is 853 g/mol. The van der Waals surface area contributed by atoms with Gasteiger partial charge in [0.15, 0.2) is 18.7 Å². The molecule has 7 N–H and O–H groups in total. The fourth-order valence-corrected chi connectivity index (χ4v) is 7.75. The number of aliphatic hydroxyl groups is 7. The first-order valence-corrected chi connectivity index (χ1v) is 25.4. The molecule has 0 spiro atoms. The zero-order valence-electron chi connectivity index (χ0n) is 40.2. The van der Waals surface area contributed by atoms with E-state index in [2.05, 4.69) is 31.7 Å². The molecule has 0 aromatic heterocycles. The summed E-state index contributed by atoms with van der Waals surface area (Å²) in [5.41, 5.74) is 3.28. The Morgan fingerprint density at radius 3 is 1.61 bits per heavy atom. The largest absolute Gasteiger partial charge is 0.458 e. The van der Waals surface area contributed by atoms with Gasteiger partial charge >= 0.3 is 11.9 Å². The highest BCUT2D eigenvalue weighted by molar-refractivity contribution is 5.82. The average molecular weight is 941 g/mol. The lowest BCUT2D eigenvalue weighted by molar-refractivity contribution is -0.332. The second-order valence-corrected chi connectivity index (χ2v) is 17.8. The van der Waals surface area contributed by atoms with Gasteiger partial charge in [0.2, 0.25) is 0 Å². The maximum atomic E-state index is 13.0. The van der Waals surface area contributed by atoms with E-state index in [9.17, 15) is 45.3 Å². The van der Waals surface area contributed by atoms with Gasteiger partial charge in [-0.1, -0.05) is 141 Å². The van der Waals surface area contributed by atoms with Crippen molar-refractivity contribution in [3.63, 3.8) is 0 Å². The van der Waals surface area contributed by atoms with Crippen molar-refractivity contribution in [1.29, 1.82) is 0 Å². The van der Waals surface area contributed by atoms with Crippen molar-refractivity contribution in [2.75, 3.05) is 26.4 Å². The molecular formula is C51H88O15. The number of aliphatic hydroxyl groups excluding tert-OH is 7. The van der Waals surface area contributed by atoms with Crippen molar-refractivity contribution in [2.24, 2.45) is 0 Å². The van der Waals surface area contributed by atoms with E-state index < -0.39 is 99.3 Å². The quantitative estimate of drug-likeness (QED) is 0.0112. The lowest BCUT2D eigenvalue weighted by Gasteiger charge is -2.42. The Morgan fingerprint density at radius 1 is 0.561 bits per heavy atom. The number of unbranched alkanes of at least 4 members (excludes halogenated alkanes) is 21. The lowest BCUT2D eigenvalue weighted by Crippen LogP contribution is -2.61. The van der Waals surface area contributed by atoms with E-state index >= 15 is 0 Å². The molecule has 2 aliphatic rings. The SMILES string of the molecule is CCCCCCCC=C=CCCCCCCCC(=O)O[C@H](COC(=O)/C=C/C=C/CCCCCCCCCCCCC)CO[C@@H]1O[C@H](CO[C@@H]2O[C@H](CO)[C@H](O)C(O)C2O)[C@H](O)C(O)C1O. The van der Waals surface area contributed by atoms with E-state index in [1.165, 1.54) is 102 Å². The summed E-state index contributed by atoms with van der Waals surface area (Å²) >= 11 is 0. The van der Waals surface area contributed by atoms with E-state index in [1.807, 2.05) is 6.08 Å². The van der Waals surface area contributed by atoms with Crippen molar-refractivity contribution in [3.05, 3.63) is 42.2 Å². The van der Waals surface area contributed by atoms with Crippen LogP contribution in [0.2, 0.25) is 0 Å². The van der Waals surface area contributed by atoms with Crippen LogP contribution in [-0.4, -0.2) is 142 Å². The third-order valence-electron chi connectivity index (χ3n) is 12.0. The summed E-state index contributed by atoms with van der Waals surface area (Å²) in [6, 6.07) is 0. The number of carbonyl (C=O) groups excluding carboxylic acids is 2. The molecule has 2 fully saturated rings. The smallest absolute Gasteiger partial charge is 0.330 e. The number of ether oxygens (including phenoxy) is 6. The van der Waals surface area contributed by atoms with Gasteiger partial charge in [-0.2, -0.15) is 0 Å². The topological polar surface area (TPSA) is 231 Å². The molecule has 4 unspecified atom stereocenters. The molecule has 0 saturated carbocycles. The summed E-state index contributed by atoms with van der Waals surface area (Å²) in [6.07, 6.45) is 21.6. The zero-order chi connectivity index (χ0) is 48.2. The molecule has 0 radical (unpaired) electrons. The molecule has 0 bridgehead atoms. The van der Waals surface area contributed by atoms with Gasteiger partial charge in [0.25, 0.3) is 0 Å². The van der Waals surface area contributed by atoms with Crippen molar-refractivity contribution < 1.29 is 73.8 Å².